The Morgan fingerprint density at radius 1 is 1.29 bits per heavy atom. The summed E-state index contributed by atoms with van der Waals surface area (Å²) in [7, 11) is 2.09. The van der Waals surface area contributed by atoms with Gasteiger partial charge in [0.25, 0.3) is 0 Å². The van der Waals surface area contributed by atoms with Crippen LogP contribution in [0.2, 0.25) is 0 Å². The molecular weight excluding hydrogens is 322 g/mol. The minimum atomic E-state index is 0.0616. The van der Waals surface area contributed by atoms with E-state index in [9.17, 15) is 0 Å². The van der Waals surface area contributed by atoms with Gasteiger partial charge in [0.2, 0.25) is 0 Å². The zero-order valence-corrected chi connectivity index (χ0v) is 15.0. The Kier molecular flexibility index (Phi) is 6.95. The second kappa shape index (κ2) is 8.22. The molecule has 1 aromatic carbocycles. The van der Waals surface area contributed by atoms with Gasteiger partial charge in [0.1, 0.15) is 0 Å². The lowest BCUT2D eigenvalue weighted by atomic mass is 9.98. The predicted octanol–water partition coefficient (Wildman–Crippen LogP) is 5.00. The van der Waals surface area contributed by atoms with Gasteiger partial charge in [0.15, 0.2) is 0 Å². The van der Waals surface area contributed by atoms with Crippen LogP contribution in [-0.4, -0.2) is 25.0 Å². The van der Waals surface area contributed by atoms with Crippen molar-refractivity contribution >= 4 is 21.5 Å². The number of benzene rings is 1. The van der Waals surface area contributed by atoms with Crippen LogP contribution in [0.3, 0.4) is 0 Å². The molecule has 21 heavy (non-hydrogen) atoms. The van der Waals surface area contributed by atoms with Gasteiger partial charge in [0, 0.05) is 23.0 Å². The summed E-state index contributed by atoms with van der Waals surface area (Å²) in [6.07, 6.45) is 4.03. The summed E-state index contributed by atoms with van der Waals surface area (Å²) in [4.78, 5) is 2.22. The Morgan fingerprint density at radius 2 is 1.90 bits per heavy atom. The molecule has 0 unspecified atom stereocenters. The van der Waals surface area contributed by atoms with Crippen molar-refractivity contribution in [1.29, 1.82) is 0 Å². The molecule has 0 amide bonds. The van der Waals surface area contributed by atoms with Gasteiger partial charge in [-0.1, -0.05) is 52.6 Å². The monoisotopic (exact) mass is 345 g/mol. The molecule has 0 aromatic heterocycles. The summed E-state index contributed by atoms with van der Waals surface area (Å²) in [5, 5.41) is 0. The molecule has 0 spiro atoms. The molecule has 0 fully saturated rings. The van der Waals surface area contributed by atoms with Crippen molar-refractivity contribution in [2.24, 2.45) is 5.41 Å². The number of nitrogens with zero attached hydrogens (tertiary/aromatic N) is 1. The normalized spacial score (nSPS) is 11.5. The fraction of sp³-hybridized carbons (Fsp3) is 0.368. The Morgan fingerprint density at radius 3 is 2.48 bits per heavy atom. The van der Waals surface area contributed by atoms with Crippen LogP contribution < -0.4 is 0 Å². The van der Waals surface area contributed by atoms with E-state index in [-0.39, 0.29) is 5.41 Å². The fourth-order valence-corrected chi connectivity index (χ4v) is 1.98. The van der Waals surface area contributed by atoms with Crippen molar-refractivity contribution in [1.82, 2.24) is 4.90 Å². The minimum absolute atomic E-state index is 0.0616. The lowest BCUT2D eigenvalue weighted by Gasteiger charge is -2.16. The van der Waals surface area contributed by atoms with Crippen molar-refractivity contribution in [3.63, 3.8) is 0 Å². The average Bonchev–Trinajstić information content (AvgIpc) is 2.37. The van der Waals surface area contributed by atoms with Gasteiger partial charge in [-0.15, -0.1) is 0 Å². The summed E-state index contributed by atoms with van der Waals surface area (Å²) in [5.41, 5.74) is 2.37. The number of likely N-dealkylation sites (N-methyl/N-ethyl adjacent to an activating group) is 1. The Bertz CT molecular complexity index is 550. The topological polar surface area (TPSA) is 3.24 Å². The van der Waals surface area contributed by atoms with E-state index in [1.54, 1.807) is 0 Å². The number of hydrogen-bond donors (Lipinski definition) is 0. The highest BCUT2D eigenvalue weighted by atomic mass is 79.9. The third-order valence-electron chi connectivity index (χ3n) is 2.78. The van der Waals surface area contributed by atoms with E-state index in [0.717, 1.165) is 23.1 Å². The van der Waals surface area contributed by atoms with Crippen molar-refractivity contribution < 1.29 is 0 Å². The van der Waals surface area contributed by atoms with Crippen molar-refractivity contribution in [2.75, 3.05) is 20.1 Å². The lowest BCUT2D eigenvalue weighted by molar-refractivity contribution is 0.419. The first-order valence-corrected chi connectivity index (χ1v) is 7.87. The van der Waals surface area contributed by atoms with Crippen molar-refractivity contribution in [3.8, 4) is 11.8 Å². The third-order valence-corrected chi connectivity index (χ3v) is 3.31. The molecule has 0 aliphatic carbocycles. The van der Waals surface area contributed by atoms with E-state index >= 15 is 0 Å². The van der Waals surface area contributed by atoms with Crippen molar-refractivity contribution in [3.05, 3.63) is 53.0 Å². The Labute approximate surface area is 137 Å². The minimum Gasteiger partial charge on any atom is -0.298 e. The summed E-state index contributed by atoms with van der Waals surface area (Å²) >= 11 is 3.45. The second-order valence-corrected chi connectivity index (χ2v) is 7.14. The van der Waals surface area contributed by atoms with E-state index in [2.05, 4.69) is 85.3 Å². The first kappa shape index (κ1) is 17.8. The van der Waals surface area contributed by atoms with E-state index in [0.29, 0.717) is 0 Å². The Balaban J connectivity index is 2.44. The molecule has 112 valence electrons. The summed E-state index contributed by atoms with van der Waals surface area (Å²) < 4.78 is 1.09. The van der Waals surface area contributed by atoms with Crippen LogP contribution in [0.15, 0.2) is 47.5 Å². The number of rotatable bonds is 5. The van der Waals surface area contributed by atoms with Crippen LogP contribution in [0.25, 0.3) is 5.57 Å². The standard InChI is InChI=1S/C19H24BrN/c1-16(17-9-11-18(20)12-10-17)15-21(5)14-8-6-7-13-19(2,3)4/h6,8-12H,1,14-15H2,2-5H3/b8-6+. The molecule has 1 rings (SSSR count). The molecule has 0 bridgehead atoms. The van der Waals surface area contributed by atoms with Crippen LogP contribution in [0.4, 0.5) is 0 Å². The predicted molar refractivity (Wildman–Crippen MR) is 97.0 cm³/mol. The van der Waals surface area contributed by atoms with Gasteiger partial charge in [-0.05, 0) is 57.2 Å². The average molecular weight is 346 g/mol. The summed E-state index contributed by atoms with van der Waals surface area (Å²) in [6.45, 7) is 12.2. The largest absolute Gasteiger partial charge is 0.298 e. The highest BCUT2D eigenvalue weighted by molar-refractivity contribution is 9.10. The molecule has 0 radical (unpaired) electrons. The number of halogens is 1. The number of allylic oxidation sites excluding steroid dienone is 1. The summed E-state index contributed by atoms with van der Waals surface area (Å²) in [6, 6.07) is 8.26. The van der Waals surface area contributed by atoms with Crippen LogP contribution in [0.5, 0.6) is 0 Å². The smallest absolute Gasteiger partial charge is 0.0234 e. The molecule has 0 aliphatic rings. The summed E-state index contributed by atoms with van der Waals surface area (Å²) in [5.74, 6) is 6.28. The molecule has 2 heteroatoms. The zero-order chi connectivity index (χ0) is 15.9. The van der Waals surface area contributed by atoms with Crippen LogP contribution in [0, 0.1) is 17.3 Å². The van der Waals surface area contributed by atoms with E-state index in [1.807, 2.05) is 18.2 Å². The maximum Gasteiger partial charge on any atom is 0.0234 e. The van der Waals surface area contributed by atoms with Crippen LogP contribution in [-0.2, 0) is 0 Å². The molecule has 0 atom stereocenters. The molecule has 0 heterocycles. The number of hydrogen-bond acceptors (Lipinski definition) is 1. The first-order valence-electron chi connectivity index (χ1n) is 7.08. The second-order valence-electron chi connectivity index (χ2n) is 6.23. The van der Waals surface area contributed by atoms with E-state index in [1.165, 1.54) is 5.56 Å². The van der Waals surface area contributed by atoms with E-state index in [4.69, 9.17) is 0 Å². The first-order chi connectivity index (χ1) is 9.78. The highest BCUT2D eigenvalue weighted by Gasteiger charge is 2.03. The quantitative estimate of drug-likeness (QED) is 0.678. The molecular formula is C19H24BrN. The van der Waals surface area contributed by atoms with Gasteiger partial charge < -0.3 is 0 Å². The van der Waals surface area contributed by atoms with Gasteiger partial charge in [0.05, 0.1) is 0 Å². The lowest BCUT2D eigenvalue weighted by Crippen LogP contribution is -2.20. The molecule has 1 nitrogen and oxygen atoms in total. The van der Waals surface area contributed by atoms with Gasteiger partial charge in [-0.2, -0.15) is 0 Å². The maximum atomic E-state index is 4.16. The molecule has 0 N–H and O–H groups in total. The van der Waals surface area contributed by atoms with Gasteiger partial charge >= 0.3 is 0 Å². The van der Waals surface area contributed by atoms with E-state index < -0.39 is 0 Å². The molecule has 0 saturated carbocycles. The molecule has 0 aliphatic heterocycles. The fourth-order valence-electron chi connectivity index (χ4n) is 1.72. The van der Waals surface area contributed by atoms with Gasteiger partial charge in [-0.3, -0.25) is 4.90 Å². The van der Waals surface area contributed by atoms with Crippen molar-refractivity contribution in [2.45, 2.75) is 20.8 Å². The van der Waals surface area contributed by atoms with Gasteiger partial charge in [-0.25, -0.2) is 0 Å². The third kappa shape index (κ3) is 7.90. The zero-order valence-electron chi connectivity index (χ0n) is 13.4. The van der Waals surface area contributed by atoms with Crippen LogP contribution in [0.1, 0.15) is 26.3 Å². The Hall–Kier alpha value is -1.30. The molecule has 0 saturated heterocycles. The highest BCUT2D eigenvalue weighted by Crippen LogP contribution is 2.17. The molecule has 1 aromatic rings. The maximum absolute atomic E-state index is 4.16. The van der Waals surface area contributed by atoms with Crippen LogP contribution >= 0.6 is 15.9 Å². The SMILES string of the molecule is C=C(CN(C)C/C=C/C#CC(C)(C)C)c1ccc(Br)cc1.